The van der Waals surface area contributed by atoms with Crippen molar-refractivity contribution in [3.63, 3.8) is 0 Å². The van der Waals surface area contributed by atoms with Crippen LogP contribution >= 0.6 is 0 Å². The lowest BCUT2D eigenvalue weighted by molar-refractivity contribution is 0.0902. The van der Waals surface area contributed by atoms with E-state index in [1.165, 1.54) is 0 Å². The van der Waals surface area contributed by atoms with Gasteiger partial charge in [-0.25, -0.2) is 0 Å². The first-order chi connectivity index (χ1) is 11.6. The van der Waals surface area contributed by atoms with E-state index in [9.17, 15) is 15.0 Å². The first kappa shape index (κ1) is 16.5. The second kappa shape index (κ2) is 7.02. The molecule has 0 radical (unpaired) electrons. The number of aliphatic hydroxyl groups is 2. The maximum atomic E-state index is 12.3. The zero-order chi connectivity index (χ0) is 17.1. The molecule has 0 unspecified atom stereocenters. The molecule has 7 heteroatoms. The number of aromatic nitrogens is 2. The van der Waals surface area contributed by atoms with Crippen LogP contribution in [0.1, 0.15) is 23.3 Å². The van der Waals surface area contributed by atoms with Crippen molar-refractivity contribution in [2.24, 2.45) is 5.92 Å². The lowest BCUT2D eigenvalue weighted by Crippen LogP contribution is -2.33. The van der Waals surface area contributed by atoms with E-state index in [2.05, 4.69) is 15.5 Å². The van der Waals surface area contributed by atoms with Crippen LogP contribution in [0.15, 0.2) is 30.3 Å². The summed E-state index contributed by atoms with van der Waals surface area (Å²) in [7, 11) is 1.60. The summed E-state index contributed by atoms with van der Waals surface area (Å²) in [6, 6.07) is 8.97. The third-order valence-electron chi connectivity index (χ3n) is 4.42. The minimum Gasteiger partial charge on any atom is -0.497 e. The van der Waals surface area contributed by atoms with Crippen molar-refractivity contribution in [3.8, 4) is 17.0 Å². The Morgan fingerprint density at radius 3 is 2.96 bits per heavy atom. The zero-order valence-electron chi connectivity index (χ0n) is 13.4. The number of amides is 1. The number of ether oxygens (including phenoxy) is 1. The maximum Gasteiger partial charge on any atom is 0.269 e. The van der Waals surface area contributed by atoms with Gasteiger partial charge in [0.15, 0.2) is 0 Å². The number of hydrogen-bond acceptors (Lipinski definition) is 5. The molecule has 7 nitrogen and oxygen atoms in total. The van der Waals surface area contributed by atoms with E-state index >= 15 is 0 Å². The molecule has 2 aromatic rings. The zero-order valence-corrected chi connectivity index (χ0v) is 13.4. The Kier molecular flexibility index (Phi) is 4.82. The Balaban J connectivity index is 1.68. The molecule has 1 fully saturated rings. The number of aromatic amines is 1. The normalized spacial score (nSPS) is 23.2. The van der Waals surface area contributed by atoms with Gasteiger partial charge in [-0.3, -0.25) is 9.89 Å². The van der Waals surface area contributed by atoms with Gasteiger partial charge in [0.05, 0.1) is 18.9 Å². The van der Waals surface area contributed by atoms with E-state index < -0.39 is 6.10 Å². The molecule has 3 rings (SSSR count). The molecule has 1 amide bonds. The molecule has 1 saturated carbocycles. The molecule has 1 aliphatic carbocycles. The molecule has 4 N–H and O–H groups in total. The van der Waals surface area contributed by atoms with Crippen molar-refractivity contribution >= 4 is 5.91 Å². The number of rotatable bonds is 5. The number of nitrogens with one attached hydrogen (secondary N) is 2. The van der Waals surface area contributed by atoms with Crippen LogP contribution in [-0.4, -0.2) is 52.2 Å². The summed E-state index contributed by atoms with van der Waals surface area (Å²) in [4.78, 5) is 12.3. The van der Waals surface area contributed by atoms with Crippen LogP contribution in [-0.2, 0) is 0 Å². The van der Waals surface area contributed by atoms with E-state index in [1.54, 1.807) is 13.2 Å². The van der Waals surface area contributed by atoms with E-state index in [-0.39, 0.29) is 24.5 Å². The molecule has 0 bridgehead atoms. The van der Waals surface area contributed by atoms with Gasteiger partial charge in [0.2, 0.25) is 0 Å². The first-order valence-electron chi connectivity index (χ1n) is 7.90. The van der Waals surface area contributed by atoms with Crippen molar-refractivity contribution < 1.29 is 19.7 Å². The van der Waals surface area contributed by atoms with Crippen LogP contribution in [0.2, 0.25) is 0 Å². The number of nitrogens with zero attached hydrogens (tertiary/aromatic N) is 1. The molecule has 0 saturated heterocycles. The maximum absolute atomic E-state index is 12.3. The molecule has 1 aliphatic rings. The van der Waals surface area contributed by atoms with E-state index in [0.29, 0.717) is 24.2 Å². The standard InChI is InChI=1S/C17H21N3O4/c1-24-13-4-2-3-10(6-13)14-8-15(20-19-14)17(23)18-12-5-11(9-21)16(22)7-12/h2-4,6,8,11-12,16,21-22H,5,7,9H2,1H3,(H,18,23)(H,19,20)/t11-,12-,16+/m0/s1. The monoisotopic (exact) mass is 331 g/mol. The van der Waals surface area contributed by atoms with Crippen LogP contribution in [0.25, 0.3) is 11.3 Å². The minimum absolute atomic E-state index is 0.0718. The van der Waals surface area contributed by atoms with Crippen LogP contribution in [0.3, 0.4) is 0 Å². The van der Waals surface area contributed by atoms with Gasteiger partial charge in [-0.1, -0.05) is 12.1 Å². The highest BCUT2D eigenvalue weighted by Crippen LogP contribution is 2.26. The summed E-state index contributed by atoms with van der Waals surface area (Å²) in [6.45, 7) is -0.0718. The average molecular weight is 331 g/mol. The highest BCUT2D eigenvalue weighted by Gasteiger charge is 2.33. The third-order valence-corrected chi connectivity index (χ3v) is 4.42. The predicted octanol–water partition coefficient (Wildman–Crippen LogP) is 0.947. The molecule has 128 valence electrons. The summed E-state index contributed by atoms with van der Waals surface area (Å²) in [5, 5.41) is 28.8. The highest BCUT2D eigenvalue weighted by atomic mass is 16.5. The Morgan fingerprint density at radius 2 is 2.25 bits per heavy atom. The van der Waals surface area contributed by atoms with Crippen LogP contribution in [0, 0.1) is 5.92 Å². The number of benzene rings is 1. The summed E-state index contributed by atoms with van der Waals surface area (Å²) < 4.78 is 5.19. The summed E-state index contributed by atoms with van der Waals surface area (Å²) >= 11 is 0. The molecule has 1 aromatic heterocycles. The quantitative estimate of drug-likeness (QED) is 0.652. The number of aliphatic hydroxyl groups excluding tert-OH is 2. The minimum atomic E-state index is -0.575. The second-order valence-electron chi connectivity index (χ2n) is 6.05. The molecule has 1 heterocycles. The fraction of sp³-hybridized carbons (Fsp3) is 0.412. The van der Waals surface area contributed by atoms with Crippen molar-refractivity contribution in [2.75, 3.05) is 13.7 Å². The number of hydrogen-bond donors (Lipinski definition) is 4. The smallest absolute Gasteiger partial charge is 0.269 e. The van der Waals surface area contributed by atoms with Crippen molar-refractivity contribution in [1.82, 2.24) is 15.5 Å². The van der Waals surface area contributed by atoms with E-state index in [0.717, 1.165) is 11.3 Å². The van der Waals surface area contributed by atoms with Crippen LogP contribution in [0.5, 0.6) is 5.75 Å². The Bertz CT molecular complexity index is 715. The summed E-state index contributed by atoms with van der Waals surface area (Å²) in [6.07, 6.45) is 0.447. The SMILES string of the molecule is COc1cccc(-c2cc(C(=O)N[C@H]3C[C@@H](CO)[C@H](O)C3)[nH]n2)c1. The number of methoxy groups -OCH3 is 1. The van der Waals surface area contributed by atoms with Gasteiger partial charge in [0.25, 0.3) is 5.91 Å². The summed E-state index contributed by atoms with van der Waals surface area (Å²) in [5.41, 5.74) is 1.86. The Hall–Kier alpha value is -2.38. The predicted molar refractivity (Wildman–Crippen MR) is 87.6 cm³/mol. The molecule has 1 aromatic carbocycles. The number of carbonyl (C=O) groups excluding carboxylic acids is 1. The summed E-state index contributed by atoms with van der Waals surface area (Å²) in [5.74, 6) is 0.272. The fourth-order valence-electron chi connectivity index (χ4n) is 3.05. The van der Waals surface area contributed by atoms with Gasteiger partial charge in [0, 0.05) is 24.1 Å². The van der Waals surface area contributed by atoms with Gasteiger partial charge in [0.1, 0.15) is 11.4 Å². The van der Waals surface area contributed by atoms with Gasteiger partial charge < -0.3 is 20.3 Å². The Morgan fingerprint density at radius 1 is 1.42 bits per heavy atom. The van der Waals surface area contributed by atoms with E-state index in [4.69, 9.17) is 4.74 Å². The molecule has 3 atom stereocenters. The Labute approximate surface area is 139 Å². The number of carbonyl (C=O) groups is 1. The van der Waals surface area contributed by atoms with Crippen LogP contribution in [0.4, 0.5) is 0 Å². The van der Waals surface area contributed by atoms with E-state index in [1.807, 2.05) is 24.3 Å². The van der Waals surface area contributed by atoms with Gasteiger partial charge >= 0.3 is 0 Å². The van der Waals surface area contributed by atoms with Gasteiger partial charge in [-0.05, 0) is 31.0 Å². The lowest BCUT2D eigenvalue weighted by Gasteiger charge is -2.11. The van der Waals surface area contributed by atoms with Gasteiger partial charge in [-0.2, -0.15) is 5.10 Å². The second-order valence-corrected chi connectivity index (χ2v) is 6.05. The topological polar surface area (TPSA) is 107 Å². The molecule has 0 aliphatic heterocycles. The van der Waals surface area contributed by atoms with Gasteiger partial charge in [-0.15, -0.1) is 0 Å². The molecular formula is C17H21N3O4. The average Bonchev–Trinajstić information content (AvgIpc) is 3.21. The highest BCUT2D eigenvalue weighted by molar-refractivity contribution is 5.93. The first-order valence-corrected chi connectivity index (χ1v) is 7.90. The van der Waals surface area contributed by atoms with Crippen molar-refractivity contribution in [2.45, 2.75) is 25.0 Å². The molecule has 24 heavy (non-hydrogen) atoms. The fourth-order valence-corrected chi connectivity index (χ4v) is 3.05. The van der Waals surface area contributed by atoms with Crippen molar-refractivity contribution in [1.29, 1.82) is 0 Å². The largest absolute Gasteiger partial charge is 0.497 e. The lowest BCUT2D eigenvalue weighted by atomic mass is 10.1. The van der Waals surface area contributed by atoms with Crippen LogP contribution < -0.4 is 10.1 Å². The number of H-pyrrole nitrogens is 1. The molecular weight excluding hydrogens is 310 g/mol. The van der Waals surface area contributed by atoms with Crippen molar-refractivity contribution in [3.05, 3.63) is 36.0 Å². The molecule has 0 spiro atoms. The third kappa shape index (κ3) is 3.42.